The fraction of sp³-hybridized carbons (Fsp3) is 0. The third kappa shape index (κ3) is 3.65. The summed E-state index contributed by atoms with van der Waals surface area (Å²) in [5, 5.41) is 10.2. The van der Waals surface area contributed by atoms with Gasteiger partial charge < -0.3 is 0 Å². The van der Waals surface area contributed by atoms with Crippen molar-refractivity contribution in [2.75, 3.05) is 0 Å². The minimum Gasteiger partial charge on any atom is -0.293 e. The predicted octanol–water partition coefficient (Wildman–Crippen LogP) is 11.6. The lowest BCUT2D eigenvalue weighted by molar-refractivity contribution is 1.05. The maximum atomic E-state index is 5.30. The standard InChI is InChI=1S/C42H25N3S/c1-3-14-27(15-4-1)34-25-36(44-42(43-34)28-16-5-2-6-17-28)45-35-22-12-11-21-32(35)37-38-33-24-23-26-13-7-8-18-29(26)40(33)46-41(38)31-20-10-9-19-30(31)39(37)45/h1-25H. The molecular formula is C42H25N3S. The minimum absolute atomic E-state index is 0.709. The van der Waals surface area contributed by atoms with Gasteiger partial charge in [0, 0.05) is 58.9 Å². The van der Waals surface area contributed by atoms with Crippen molar-refractivity contribution < 1.29 is 0 Å². The predicted molar refractivity (Wildman–Crippen MR) is 195 cm³/mol. The Bertz CT molecular complexity index is 2740. The second kappa shape index (κ2) is 9.83. The van der Waals surface area contributed by atoms with Crippen LogP contribution >= 0.6 is 11.3 Å². The molecule has 0 saturated carbocycles. The van der Waals surface area contributed by atoms with Crippen LogP contribution in [0.1, 0.15) is 0 Å². The molecule has 0 aliphatic carbocycles. The van der Waals surface area contributed by atoms with Gasteiger partial charge in [0.1, 0.15) is 5.82 Å². The van der Waals surface area contributed by atoms with Crippen LogP contribution in [-0.4, -0.2) is 14.5 Å². The maximum absolute atomic E-state index is 5.30. The van der Waals surface area contributed by atoms with Gasteiger partial charge in [-0.3, -0.25) is 4.57 Å². The summed E-state index contributed by atoms with van der Waals surface area (Å²) in [6.07, 6.45) is 0. The van der Waals surface area contributed by atoms with Gasteiger partial charge in [0.15, 0.2) is 5.82 Å². The van der Waals surface area contributed by atoms with Crippen LogP contribution < -0.4 is 0 Å². The molecule has 0 N–H and O–H groups in total. The highest BCUT2D eigenvalue weighted by Crippen LogP contribution is 2.49. The van der Waals surface area contributed by atoms with E-state index < -0.39 is 0 Å². The van der Waals surface area contributed by atoms with Crippen molar-refractivity contribution >= 4 is 74.9 Å². The van der Waals surface area contributed by atoms with Crippen molar-refractivity contribution in [3.8, 4) is 28.5 Å². The molecule has 0 bridgehead atoms. The molecule has 0 spiro atoms. The summed E-state index contributed by atoms with van der Waals surface area (Å²) in [6, 6.07) is 53.8. The Morgan fingerprint density at radius 3 is 1.91 bits per heavy atom. The number of benzene rings is 7. The molecule has 0 atom stereocenters. The lowest BCUT2D eigenvalue weighted by Crippen LogP contribution is -2.02. The molecule has 7 aromatic carbocycles. The second-order valence-electron chi connectivity index (χ2n) is 11.8. The quantitative estimate of drug-likeness (QED) is 0.201. The monoisotopic (exact) mass is 603 g/mol. The number of rotatable bonds is 3. The molecule has 4 heteroatoms. The summed E-state index contributed by atoms with van der Waals surface area (Å²) in [7, 11) is 0. The first-order valence-corrected chi connectivity index (χ1v) is 16.3. The van der Waals surface area contributed by atoms with Gasteiger partial charge >= 0.3 is 0 Å². The van der Waals surface area contributed by atoms with Crippen LogP contribution in [0.3, 0.4) is 0 Å². The summed E-state index contributed by atoms with van der Waals surface area (Å²) >= 11 is 1.91. The number of aromatic nitrogens is 3. The first-order chi connectivity index (χ1) is 22.8. The van der Waals surface area contributed by atoms with E-state index in [2.05, 4.69) is 132 Å². The van der Waals surface area contributed by atoms with E-state index in [1.165, 1.54) is 58.0 Å². The highest BCUT2D eigenvalue weighted by Gasteiger charge is 2.23. The highest BCUT2D eigenvalue weighted by molar-refractivity contribution is 7.27. The second-order valence-corrected chi connectivity index (χ2v) is 12.8. The van der Waals surface area contributed by atoms with Crippen molar-refractivity contribution in [3.05, 3.63) is 152 Å². The molecule has 3 heterocycles. The first-order valence-electron chi connectivity index (χ1n) is 15.5. The molecule has 0 unspecified atom stereocenters. The van der Waals surface area contributed by atoms with Gasteiger partial charge in [0.05, 0.1) is 16.7 Å². The van der Waals surface area contributed by atoms with Crippen molar-refractivity contribution in [2.24, 2.45) is 0 Å². The Morgan fingerprint density at radius 2 is 1.11 bits per heavy atom. The number of fused-ring (bicyclic) bond motifs is 12. The van der Waals surface area contributed by atoms with E-state index in [9.17, 15) is 0 Å². The number of nitrogens with zero attached hydrogens (tertiary/aromatic N) is 3. The highest BCUT2D eigenvalue weighted by atomic mass is 32.1. The van der Waals surface area contributed by atoms with Crippen LogP contribution in [0.2, 0.25) is 0 Å². The van der Waals surface area contributed by atoms with Gasteiger partial charge in [-0.05, 0) is 16.8 Å². The number of thiophene rings is 1. The fourth-order valence-electron chi connectivity index (χ4n) is 7.16. The van der Waals surface area contributed by atoms with Gasteiger partial charge in [-0.1, -0.05) is 140 Å². The maximum Gasteiger partial charge on any atom is 0.162 e. The van der Waals surface area contributed by atoms with Crippen molar-refractivity contribution in [1.29, 1.82) is 0 Å². The fourth-order valence-corrected chi connectivity index (χ4v) is 8.54. The molecule has 0 saturated heterocycles. The van der Waals surface area contributed by atoms with Crippen LogP contribution in [0.5, 0.6) is 0 Å². The largest absolute Gasteiger partial charge is 0.293 e. The average molecular weight is 604 g/mol. The number of para-hydroxylation sites is 1. The summed E-state index contributed by atoms with van der Waals surface area (Å²) in [4.78, 5) is 10.4. The zero-order chi connectivity index (χ0) is 30.2. The molecule has 10 aromatic rings. The van der Waals surface area contributed by atoms with E-state index in [4.69, 9.17) is 9.97 Å². The molecule has 0 fully saturated rings. The Morgan fingerprint density at radius 1 is 0.457 bits per heavy atom. The van der Waals surface area contributed by atoms with E-state index in [-0.39, 0.29) is 0 Å². The SMILES string of the molecule is c1ccc(-c2cc(-n3c4ccccc4c4c5c6ccc7ccccc7c6sc5c5ccccc5c43)nc(-c3ccccc3)n2)cc1. The Kier molecular flexibility index (Phi) is 5.45. The Hall–Kier alpha value is -5.84. The molecule has 0 amide bonds. The smallest absolute Gasteiger partial charge is 0.162 e. The van der Waals surface area contributed by atoms with Crippen LogP contribution in [0, 0.1) is 0 Å². The zero-order valence-corrected chi connectivity index (χ0v) is 25.5. The Balaban J connectivity index is 1.42. The summed E-state index contributed by atoms with van der Waals surface area (Å²) in [6.45, 7) is 0. The number of hydrogen-bond acceptors (Lipinski definition) is 3. The third-order valence-electron chi connectivity index (χ3n) is 9.17. The summed E-state index contributed by atoms with van der Waals surface area (Å²) in [5.41, 5.74) is 5.26. The van der Waals surface area contributed by atoms with Crippen molar-refractivity contribution in [2.45, 2.75) is 0 Å². The van der Waals surface area contributed by atoms with Crippen LogP contribution in [-0.2, 0) is 0 Å². The van der Waals surface area contributed by atoms with Crippen molar-refractivity contribution in [3.63, 3.8) is 0 Å². The van der Waals surface area contributed by atoms with Crippen LogP contribution in [0.15, 0.2) is 152 Å². The first kappa shape index (κ1) is 25.5. The van der Waals surface area contributed by atoms with E-state index in [0.717, 1.165) is 28.2 Å². The molecule has 46 heavy (non-hydrogen) atoms. The van der Waals surface area contributed by atoms with E-state index in [1.807, 2.05) is 35.6 Å². The Labute approximate surface area is 268 Å². The molecular weight excluding hydrogens is 579 g/mol. The van der Waals surface area contributed by atoms with Crippen LogP contribution in [0.4, 0.5) is 0 Å². The molecule has 0 radical (unpaired) electrons. The van der Waals surface area contributed by atoms with Gasteiger partial charge in [-0.2, -0.15) is 0 Å². The zero-order valence-electron chi connectivity index (χ0n) is 24.7. The number of hydrogen-bond donors (Lipinski definition) is 0. The molecule has 3 aromatic heterocycles. The minimum atomic E-state index is 0.709. The third-order valence-corrected chi connectivity index (χ3v) is 10.4. The summed E-state index contributed by atoms with van der Waals surface area (Å²) < 4.78 is 5.04. The molecule has 3 nitrogen and oxygen atoms in total. The lowest BCUT2D eigenvalue weighted by atomic mass is 9.98. The van der Waals surface area contributed by atoms with Gasteiger partial charge in [-0.25, -0.2) is 9.97 Å². The molecule has 10 rings (SSSR count). The van der Waals surface area contributed by atoms with Gasteiger partial charge in [0.2, 0.25) is 0 Å². The molecule has 214 valence electrons. The molecule has 0 aliphatic heterocycles. The van der Waals surface area contributed by atoms with Crippen molar-refractivity contribution in [1.82, 2.24) is 14.5 Å². The topological polar surface area (TPSA) is 30.7 Å². The van der Waals surface area contributed by atoms with Gasteiger partial charge in [-0.15, -0.1) is 11.3 Å². The lowest BCUT2D eigenvalue weighted by Gasteiger charge is -2.13. The van der Waals surface area contributed by atoms with E-state index in [1.54, 1.807) is 0 Å². The summed E-state index contributed by atoms with van der Waals surface area (Å²) in [5.74, 6) is 1.56. The van der Waals surface area contributed by atoms with Gasteiger partial charge in [0.25, 0.3) is 0 Å². The molecule has 0 aliphatic rings. The van der Waals surface area contributed by atoms with E-state index in [0.29, 0.717) is 5.82 Å². The van der Waals surface area contributed by atoms with Crippen LogP contribution in [0.25, 0.3) is 92.0 Å². The van der Waals surface area contributed by atoms with E-state index >= 15 is 0 Å². The average Bonchev–Trinajstić information content (AvgIpc) is 3.69. The normalized spacial score (nSPS) is 11.9.